The third kappa shape index (κ3) is 5.33. The maximum atomic E-state index is 11.0. The molecule has 0 aromatic carbocycles. The highest BCUT2D eigenvalue weighted by molar-refractivity contribution is 14.2. The first-order chi connectivity index (χ1) is 4.12. The lowest BCUT2D eigenvalue weighted by Gasteiger charge is -2.07. The van der Waals surface area contributed by atoms with Gasteiger partial charge in [0, 0.05) is 0 Å². The van der Waals surface area contributed by atoms with E-state index >= 15 is 0 Å². The Balaban J connectivity index is 3.58. The molecule has 56 valence electrons. The van der Waals surface area contributed by atoms with Crippen molar-refractivity contribution in [2.45, 2.75) is 13.8 Å². The number of hydrogen-bond acceptors (Lipinski definition) is 3. The van der Waals surface area contributed by atoms with E-state index in [-0.39, 0.29) is 0 Å². The summed E-state index contributed by atoms with van der Waals surface area (Å²) >= 11 is 1.69. The molecule has 0 atom stereocenters. The number of halogens is 1. The molecule has 0 aliphatic heterocycles. The molecule has 0 spiro atoms. The summed E-state index contributed by atoms with van der Waals surface area (Å²) in [5, 5.41) is -2.72. The van der Waals surface area contributed by atoms with E-state index in [0.717, 1.165) is 0 Å². The molecule has 0 radical (unpaired) electrons. The highest BCUT2D eigenvalue weighted by Gasteiger charge is 2.16. The van der Waals surface area contributed by atoms with E-state index in [1.54, 1.807) is 35.9 Å². The van der Waals surface area contributed by atoms with Gasteiger partial charge >= 0.3 is 5.24 Å². The molecule has 0 aromatic rings. The van der Waals surface area contributed by atoms with E-state index in [1.807, 2.05) is 0 Å². The molecule has 9 heavy (non-hydrogen) atoms. The molecule has 0 heterocycles. The third-order valence-corrected chi connectivity index (χ3v) is 3.37. The van der Waals surface area contributed by atoms with Crippen LogP contribution >= 0.6 is 27.3 Å². The van der Waals surface area contributed by atoms with E-state index in [2.05, 4.69) is 0 Å². The van der Waals surface area contributed by atoms with Crippen molar-refractivity contribution in [2.24, 2.45) is 0 Å². The minimum Gasteiger partial charge on any atom is -0.302 e. The summed E-state index contributed by atoms with van der Waals surface area (Å²) in [6, 6.07) is 0. The van der Waals surface area contributed by atoms with Crippen molar-refractivity contribution in [3.8, 4) is 0 Å². The Kier molecular flexibility index (Phi) is 5.11. The van der Waals surface area contributed by atoms with Gasteiger partial charge in [0.15, 0.2) is 0 Å². The van der Waals surface area contributed by atoms with E-state index in [1.165, 1.54) is 0 Å². The van der Waals surface area contributed by atoms with Gasteiger partial charge in [0.05, 0.1) is 35.3 Å². The van der Waals surface area contributed by atoms with Crippen LogP contribution < -0.4 is 0 Å². The molecule has 0 rings (SSSR count). The summed E-state index contributed by atoms with van der Waals surface area (Å²) in [5.74, 6) is 0. The van der Waals surface area contributed by atoms with Crippen molar-refractivity contribution in [3.63, 3.8) is 0 Å². The van der Waals surface area contributed by atoms with Crippen molar-refractivity contribution < 1.29 is 13.6 Å². The molecule has 0 N–H and O–H groups in total. The SMILES string of the molecule is CCOP(=O)(I)OCC. The summed E-state index contributed by atoms with van der Waals surface area (Å²) in [7, 11) is 0. The Morgan fingerprint density at radius 2 is 1.67 bits per heavy atom. The van der Waals surface area contributed by atoms with Crippen molar-refractivity contribution in [3.05, 3.63) is 0 Å². The zero-order chi connectivity index (χ0) is 7.33. The van der Waals surface area contributed by atoms with Gasteiger partial charge in [-0.3, -0.25) is 0 Å². The smallest absolute Gasteiger partial charge is 0.302 e. The zero-order valence-electron chi connectivity index (χ0n) is 5.46. The second-order valence-electron chi connectivity index (χ2n) is 1.27. The van der Waals surface area contributed by atoms with Gasteiger partial charge in [-0.2, -0.15) is 0 Å². The third-order valence-electron chi connectivity index (χ3n) is 0.567. The minimum atomic E-state index is -2.72. The lowest BCUT2D eigenvalue weighted by atomic mass is 10.9. The first-order valence-electron chi connectivity index (χ1n) is 2.71. The van der Waals surface area contributed by atoms with Crippen LogP contribution in [0.2, 0.25) is 0 Å². The Morgan fingerprint density at radius 3 is 1.89 bits per heavy atom. The fraction of sp³-hybridized carbons (Fsp3) is 1.00. The van der Waals surface area contributed by atoms with Crippen molar-refractivity contribution in [1.29, 1.82) is 0 Å². The molecular weight excluding hydrogens is 254 g/mol. The van der Waals surface area contributed by atoms with Crippen LogP contribution in [0.1, 0.15) is 13.8 Å². The second-order valence-corrected chi connectivity index (χ2v) is 6.19. The van der Waals surface area contributed by atoms with Gasteiger partial charge in [-0.1, -0.05) is 0 Å². The standard InChI is InChI=1S/C4H10IO3P/c1-3-7-9(5,6)8-4-2/h3-4H2,1-2H3. The molecular formula is C4H10IO3P. The molecule has 0 aliphatic rings. The molecule has 0 unspecified atom stereocenters. The van der Waals surface area contributed by atoms with Crippen LogP contribution in [-0.2, 0) is 13.6 Å². The van der Waals surface area contributed by atoms with Crippen LogP contribution in [0.4, 0.5) is 0 Å². The summed E-state index contributed by atoms with van der Waals surface area (Å²) in [6.45, 7) is 4.43. The quantitative estimate of drug-likeness (QED) is 0.578. The van der Waals surface area contributed by atoms with Crippen molar-refractivity contribution in [2.75, 3.05) is 13.2 Å². The van der Waals surface area contributed by atoms with Crippen LogP contribution in [0.25, 0.3) is 0 Å². The Labute approximate surface area is 68.1 Å². The van der Waals surface area contributed by atoms with Crippen LogP contribution in [-0.4, -0.2) is 13.2 Å². The van der Waals surface area contributed by atoms with Crippen LogP contribution in [0.3, 0.4) is 0 Å². The van der Waals surface area contributed by atoms with Gasteiger partial charge < -0.3 is 9.05 Å². The Bertz CT molecular complexity index is 106. The average molecular weight is 264 g/mol. The molecule has 0 bridgehead atoms. The molecule has 0 fully saturated rings. The van der Waals surface area contributed by atoms with Crippen LogP contribution in [0.15, 0.2) is 0 Å². The van der Waals surface area contributed by atoms with Gasteiger partial charge in [-0.05, 0) is 13.8 Å². The maximum Gasteiger partial charge on any atom is 0.388 e. The summed E-state index contributed by atoms with van der Waals surface area (Å²) in [6.07, 6.45) is 0. The molecule has 5 heteroatoms. The van der Waals surface area contributed by atoms with E-state index < -0.39 is 5.24 Å². The predicted octanol–water partition coefficient (Wildman–Crippen LogP) is 2.60. The summed E-state index contributed by atoms with van der Waals surface area (Å²) < 4.78 is 20.5. The van der Waals surface area contributed by atoms with Gasteiger partial charge in [-0.25, -0.2) is 4.57 Å². The lowest BCUT2D eigenvalue weighted by molar-refractivity contribution is 0.240. The van der Waals surface area contributed by atoms with Gasteiger partial charge in [0.1, 0.15) is 0 Å². The van der Waals surface area contributed by atoms with Crippen molar-refractivity contribution in [1.82, 2.24) is 0 Å². The first-order valence-corrected chi connectivity index (χ1v) is 7.04. The highest BCUT2D eigenvalue weighted by atomic mass is 127. The van der Waals surface area contributed by atoms with Gasteiger partial charge in [0.25, 0.3) is 0 Å². The fourth-order valence-electron chi connectivity index (χ4n) is 0.346. The Hall–Kier alpha value is 0.880. The van der Waals surface area contributed by atoms with Crippen LogP contribution in [0, 0.1) is 0 Å². The number of rotatable bonds is 4. The van der Waals surface area contributed by atoms with E-state index in [4.69, 9.17) is 9.05 Å². The largest absolute Gasteiger partial charge is 0.388 e. The summed E-state index contributed by atoms with van der Waals surface area (Å²) in [4.78, 5) is 0. The second kappa shape index (κ2) is 4.66. The minimum absolute atomic E-state index is 0.431. The molecule has 0 aliphatic carbocycles. The average Bonchev–Trinajstić information content (AvgIpc) is 1.64. The predicted molar refractivity (Wildman–Crippen MR) is 44.9 cm³/mol. The highest BCUT2D eigenvalue weighted by Crippen LogP contribution is 2.56. The molecule has 0 saturated carbocycles. The molecule has 0 saturated heterocycles. The zero-order valence-corrected chi connectivity index (χ0v) is 8.52. The lowest BCUT2D eigenvalue weighted by Crippen LogP contribution is -1.87. The van der Waals surface area contributed by atoms with Gasteiger partial charge in [-0.15, -0.1) is 0 Å². The molecule has 3 nitrogen and oxygen atoms in total. The monoisotopic (exact) mass is 264 g/mol. The van der Waals surface area contributed by atoms with Gasteiger partial charge in [0.2, 0.25) is 0 Å². The Morgan fingerprint density at radius 1 is 1.33 bits per heavy atom. The topological polar surface area (TPSA) is 35.5 Å². The summed E-state index contributed by atoms with van der Waals surface area (Å²) in [5.41, 5.74) is 0. The van der Waals surface area contributed by atoms with Crippen molar-refractivity contribution >= 4 is 27.3 Å². The van der Waals surface area contributed by atoms with Crippen LogP contribution in [0.5, 0.6) is 0 Å². The first kappa shape index (κ1) is 9.88. The number of hydrogen-bond donors (Lipinski definition) is 0. The maximum absolute atomic E-state index is 11.0. The molecule has 0 aromatic heterocycles. The molecule has 0 amide bonds. The normalized spacial score (nSPS) is 11.9. The fourth-order valence-corrected chi connectivity index (χ4v) is 2.71. The van der Waals surface area contributed by atoms with E-state index in [9.17, 15) is 4.57 Å². The van der Waals surface area contributed by atoms with E-state index in [0.29, 0.717) is 13.2 Å².